The first-order chi connectivity index (χ1) is 8.27. The second-order valence-corrected chi connectivity index (χ2v) is 3.98. The summed E-state index contributed by atoms with van der Waals surface area (Å²) in [6.07, 6.45) is 4.01. The van der Waals surface area contributed by atoms with Crippen molar-refractivity contribution >= 4 is 11.6 Å². The molecule has 1 N–H and O–H groups in total. The van der Waals surface area contributed by atoms with Crippen LogP contribution in [0.3, 0.4) is 0 Å². The Kier molecular flexibility index (Phi) is 6.00. The fourth-order valence-electron chi connectivity index (χ4n) is 1.60. The Bertz CT molecular complexity index is 363. The van der Waals surface area contributed by atoms with Crippen LogP contribution in [0, 0.1) is 0 Å². The monoisotopic (exact) mass is 232 g/mol. The van der Waals surface area contributed by atoms with Crippen molar-refractivity contribution in [2.45, 2.75) is 39.5 Å². The highest BCUT2D eigenvalue weighted by Crippen LogP contribution is 2.01. The van der Waals surface area contributed by atoms with Gasteiger partial charge in [-0.25, -0.2) is 5.43 Å². The zero-order valence-electron chi connectivity index (χ0n) is 10.6. The van der Waals surface area contributed by atoms with Gasteiger partial charge in [0.2, 0.25) is 0 Å². The summed E-state index contributed by atoms with van der Waals surface area (Å²) in [5.74, 6) is -0.143. The second-order valence-electron chi connectivity index (χ2n) is 3.98. The first-order valence-corrected chi connectivity index (χ1v) is 6.18. The van der Waals surface area contributed by atoms with Gasteiger partial charge in [-0.3, -0.25) is 4.79 Å². The molecule has 0 saturated heterocycles. The smallest absolute Gasteiger partial charge is 0.267 e. The number of amides is 1. The van der Waals surface area contributed by atoms with E-state index in [2.05, 4.69) is 24.4 Å². The van der Waals surface area contributed by atoms with Crippen molar-refractivity contribution in [3.05, 3.63) is 35.9 Å². The van der Waals surface area contributed by atoms with Crippen molar-refractivity contribution < 1.29 is 4.79 Å². The molecule has 1 aromatic carbocycles. The first-order valence-electron chi connectivity index (χ1n) is 6.18. The van der Waals surface area contributed by atoms with E-state index in [-0.39, 0.29) is 5.91 Å². The van der Waals surface area contributed by atoms with Gasteiger partial charge in [-0.2, -0.15) is 5.10 Å². The Morgan fingerprint density at radius 3 is 2.24 bits per heavy atom. The highest BCUT2D eigenvalue weighted by Gasteiger charge is 2.03. The van der Waals surface area contributed by atoms with Gasteiger partial charge >= 0.3 is 0 Å². The number of benzene rings is 1. The van der Waals surface area contributed by atoms with E-state index in [4.69, 9.17) is 0 Å². The van der Waals surface area contributed by atoms with Crippen molar-refractivity contribution in [1.82, 2.24) is 5.43 Å². The minimum absolute atomic E-state index is 0.143. The number of hydrazone groups is 1. The van der Waals surface area contributed by atoms with E-state index < -0.39 is 0 Å². The van der Waals surface area contributed by atoms with Crippen LogP contribution in [0.4, 0.5) is 0 Å². The van der Waals surface area contributed by atoms with Crippen molar-refractivity contribution in [3.8, 4) is 0 Å². The molecule has 0 unspecified atom stereocenters. The van der Waals surface area contributed by atoms with E-state index in [1.165, 1.54) is 0 Å². The minimum Gasteiger partial charge on any atom is -0.267 e. The maximum atomic E-state index is 11.7. The van der Waals surface area contributed by atoms with E-state index in [0.29, 0.717) is 5.56 Å². The van der Waals surface area contributed by atoms with Gasteiger partial charge < -0.3 is 0 Å². The molecule has 0 aliphatic heterocycles. The molecule has 3 nitrogen and oxygen atoms in total. The van der Waals surface area contributed by atoms with Crippen molar-refractivity contribution in [1.29, 1.82) is 0 Å². The lowest BCUT2D eigenvalue weighted by atomic mass is 10.1. The number of nitrogens with zero attached hydrogens (tertiary/aromatic N) is 1. The third kappa shape index (κ3) is 4.81. The number of carbonyl (C=O) groups excluding carboxylic acids is 1. The lowest BCUT2D eigenvalue weighted by Gasteiger charge is -2.04. The quantitative estimate of drug-likeness (QED) is 0.593. The molecule has 0 atom stereocenters. The minimum atomic E-state index is -0.143. The van der Waals surface area contributed by atoms with Crippen LogP contribution in [0.1, 0.15) is 49.9 Å². The Balaban J connectivity index is 2.58. The maximum Gasteiger partial charge on any atom is 0.271 e. The van der Waals surface area contributed by atoms with Gasteiger partial charge in [0.05, 0.1) is 0 Å². The van der Waals surface area contributed by atoms with E-state index in [0.717, 1.165) is 31.4 Å². The van der Waals surface area contributed by atoms with E-state index >= 15 is 0 Å². The van der Waals surface area contributed by atoms with Gasteiger partial charge in [0.25, 0.3) is 5.91 Å². The number of nitrogens with one attached hydrogen (secondary N) is 1. The molecule has 0 heterocycles. The van der Waals surface area contributed by atoms with Crippen LogP contribution in [-0.2, 0) is 0 Å². The predicted octanol–water partition coefficient (Wildman–Crippen LogP) is 3.37. The van der Waals surface area contributed by atoms with Crippen molar-refractivity contribution in [2.75, 3.05) is 0 Å². The van der Waals surface area contributed by atoms with Crippen molar-refractivity contribution in [3.63, 3.8) is 0 Å². The van der Waals surface area contributed by atoms with Crippen LogP contribution >= 0.6 is 0 Å². The Morgan fingerprint density at radius 2 is 1.71 bits per heavy atom. The van der Waals surface area contributed by atoms with Gasteiger partial charge in [-0.15, -0.1) is 0 Å². The zero-order chi connectivity index (χ0) is 12.5. The molecule has 17 heavy (non-hydrogen) atoms. The maximum absolute atomic E-state index is 11.7. The molecule has 1 rings (SSSR count). The Labute approximate surface area is 103 Å². The number of hydrogen-bond acceptors (Lipinski definition) is 2. The van der Waals surface area contributed by atoms with Crippen molar-refractivity contribution in [2.24, 2.45) is 5.10 Å². The number of carbonyl (C=O) groups is 1. The molecular weight excluding hydrogens is 212 g/mol. The van der Waals surface area contributed by atoms with Gasteiger partial charge in [0.15, 0.2) is 0 Å². The average molecular weight is 232 g/mol. The third-order valence-electron chi connectivity index (χ3n) is 2.43. The lowest BCUT2D eigenvalue weighted by Crippen LogP contribution is -2.19. The van der Waals surface area contributed by atoms with E-state index in [1.54, 1.807) is 12.1 Å². The van der Waals surface area contributed by atoms with Gasteiger partial charge in [-0.05, 0) is 25.0 Å². The SMILES string of the molecule is CCCC(CCC)=NNC(=O)c1ccccc1. The molecule has 0 radical (unpaired) electrons. The fourth-order valence-corrected chi connectivity index (χ4v) is 1.60. The molecule has 3 heteroatoms. The Morgan fingerprint density at radius 1 is 1.12 bits per heavy atom. The number of hydrogen-bond donors (Lipinski definition) is 1. The Hall–Kier alpha value is -1.64. The summed E-state index contributed by atoms with van der Waals surface area (Å²) in [4.78, 5) is 11.7. The summed E-state index contributed by atoms with van der Waals surface area (Å²) < 4.78 is 0. The zero-order valence-corrected chi connectivity index (χ0v) is 10.6. The highest BCUT2D eigenvalue weighted by atomic mass is 16.2. The predicted molar refractivity (Wildman–Crippen MR) is 71.2 cm³/mol. The third-order valence-corrected chi connectivity index (χ3v) is 2.43. The summed E-state index contributed by atoms with van der Waals surface area (Å²) in [7, 11) is 0. The van der Waals surface area contributed by atoms with Crippen LogP contribution in [0.5, 0.6) is 0 Å². The molecule has 92 valence electrons. The van der Waals surface area contributed by atoms with E-state index in [9.17, 15) is 4.79 Å². The lowest BCUT2D eigenvalue weighted by molar-refractivity contribution is 0.0954. The van der Waals surface area contributed by atoms with Gasteiger partial charge in [0, 0.05) is 11.3 Å². The summed E-state index contributed by atoms with van der Waals surface area (Å²) >= 11 is 0. The van der Waals surface area contributed by atoms with Gasteiger partial charge in [0.1, 0.15) is 0 Å². The van der Waals surface area contributed by atoms with Gasteiger partial charge in [-0.1, -0.05) is 44.9 Å². The molecule has 0 fully saturated rings. The number of rotatable bonds is 6. The summed E-state index contributed by atoms with van der Waals surface area (Å²) in [5.41, 5.74) is 4.33. The first kappa shape index (κ1) is 13.4. The standard InChI is InChI=1S/C14H20N2O/c1-3-8-13(9-4-2)15-16-14(17)12-10-6-5-7-11-12/h5-7,10-11H,3-4,8-9H2,1-2H3,(H,16,17). The molecule has 0 aliphatic rings. The van der Waals surface area contributed by atoms with Crippen LogP contribution in [0.25, 0.3) is 0 Å². The normalized spacial score (nSPS) is 9.76. The molecule has 0 aliphatic carbocycles. The topological polar surface area (TPSA) is 41.5 Å². The summed E-state index contributed by atoms with van der Waals surface area (Å²) in [6.45, 7) is 4.23. The molecule has 1 aromatic rings. The second kappa shape index (κ2) is 7.60. The summed E-state index contributed by atoms with van der Waals surface area (Å²) in [5, 5.41) is 4.20. The van der Waals surface area contributed by atoms with E-state index in [1.807, 2.05) is 18.2 Å². The molecule has 0 spiro atoms. The molecule has 0 aromatic heterocycles. The summed E-state index contributed by atoms with van der Waals surface area (Å²) in [6, 6.07) is 9.14. The van der Waals surface area contributed by atoms with Crippen LogP contribution in [0.2, 0.25) is 0 Å². The fraction of sp³-hybridized carbons (Fsp3) is 0.429. The molecule has 0 saturated carbocycles. The highest BCUT2D eigenvalue weighted by molar-refractivity contribution is 5.95. The molecule has 0 bridgehead atoms. The average Bonchev–Trinajstić information content (AvgIpc) is 2.37. The van der Waals surface area contributed by atoms with Crippen LogP contribution < -0.4 is 5.43 Å². The van der Waals surface area contributed by atoms with Crippen LogP contribution in [-0.4, -0.2) is 11.6 Å². The van der Waals surface area contributed by atoms with Crippen LogP contribution in [0.15, 0.2) is 35.4 Å². The largest absolute Gasteiger partial charge is 0.271 e. The molecular formula is C14H20N2O. The molecule has 1 amide bonds.